The summed E-state index contributed by atoms with van der Waals surface area (Å²) < 4.78 is 0. The number of nitrogens with zero attached hydrogens (tertiary/aromatic N) is 2. The molecule has 3 N–H and O–H groups in total. The highest BCUT2D eigenvalue weighted by atomic mass is 32.1. The molecule has 4 nitrogen and oxygen atoms in total. The largest absolute Gasteiger partial charge is 0.409 e. The number of hydrogen-bond donors (Lipinski definition) is 2. The third-order valence-corrected chi connectivity index (χ3v) is 3.22. The quantitative estimate of drug-likeness (QED) is 0.253. The van der Waals surface area contributed by atoms with Gasteiger partial charge in [0, 0.05) is 17.8 Å². The molecule has 0 saturated heterocycles. The van der Waals surface area contributed by atoms with Crippen LogP contribution in [0.15, 0.2) is 22.7 Å². The Hall–Kier alpha value is -1.07. The Bertz CT molecular complexity index is 311. The standard InChI is InChI=1S/C11H19N3OS/c1-14(9-10-5-4-8-16-10)7-3-2-6-11(12)13-15/h4-5,8,15H,2-3,6-7,9H2,1H3,(H2,12,13). The average molecular weight is 241 g/mol. The van der Waals surface area contributed by atoms with E-state index in [2.05, 4.69) is 34.6 Å². The van der Waals surface area contributed by atoms with Crippen LogP contribution in [0, 0.1) is 0 Å². The molecule has 1 rings (SSSR count). The number of amidine groups is 1. The first-order chi connectivity index (χ1) is 7.72. The molecule has 0 fully saturated rings. The van der Waals surface area contributed by atoms with Crippen molar-refractivity contribution in [1.82, 2.24) is 4.90 Å². The van der Waals surface area contributed by atoms with Gasteiger partial charge in [-0.1, -0.05) is 11.2 Å². The molecular weight excluding hydrogens is 222 g/mol. The molecule has 0 atom stereocenters. The third kappa shape index (κ3) is 5.14. The van der Waals surface area contributed by atoms with Crippen LogP contribution in [-0.2, 0) is 6.54 Å². The molecule has 0 aliphatic heterocycles. The van der Waals surface area contributed by atoms with Crippen LogP contribution < -0.4 is 5.73 Å². The second kappa shape index (κ2) is 7.24. The molecule has 0 unspecified atom stereocenters. The second-order valence-electron chi connectivity index (χ2n) is 3.87. The fraction of sp³-hybridized carbons (Fsp3) is 0.545. The van der Waals surface area contributed by atoms with Gasteiger partial charge in [-0.05, 0) is 37.9 Å². The van der Waals surface area contributed by atoms with E-state index in [0.29, 0.717) is 12.3 Å². The Labute approximate surface area is 100 Å². The summed E-state index contributed by atoms with van der Waals surface area (Å²) in [6.45, 7) is 2.04. The third-order valence-electron chi connectivity index (χ3n) is 2.36. The lowest BCUT2D eigenvalue weighted by atomic mass is 10.2. The van der Waals surface area contributed by atoms with Crippen LogP contribution >= 0.6 is 11.3 Å². The van der Waals surface area contributed by atoms with E-state index in [9.17, 15) is 0 Å². The van der Waals surface area contributed by atoms with Gasteiger partial charge in [-0.15, -0.1) is 11.3 Å². The van der Waals surface area contributed by atoms with Gasteiger partial charge in [-0.3, -0.25) is 0 Å². The fourth-order valence-electron chi connectivity index (χ4n) is 1.49. The van der Waals surface area contributed by atoms with Gasteiger partial charge in [0.05, 0.1) is 0 Å². The Balaban J connectivity index is 2.09. The second-order valence-corrected chi connectivity index (χ2v) is 4.90. The number of thiophene rings is 1. The zero-order valence-corrected chi connectivity index (χ0v) is 10.4. The number of unbranched alkanes of at least 4 members (excludes halogenated alkanes) is 1. The van der Waals surface area contributed by atoms with Crippen LogP contribution in [0.4, 0.5) is 0 Å². The Kier molecular flexibility index (Phi) is 5.88. The predicted molar refractivity (Wildman–Crippen MR) is 67.9 cm³/mol. The van der Waals surface area contributed by atoms with Gasteiger partial charge >= 0.3 is 0 Å². The number of rotatable bonds is 7. The molecule has 90 valence electrons. The van der Waals surface area contributed by atoms with Gasteiger partial charge in [0.25, 0.3) is 0 Å². The van der Waals surface area contributed by atoms with Crippen LogP contribution in [0.5, 0.6) is 0 Å². The van der Waals surface area contributed by atoms with E-state index < -0.39 is 0 Å². The van der Waals surface area contributed by atoms with Crippen molar-refractivity contribution < 1.29 is 5.21 Å². The van der Waals surface area contributed by atoms with Crippen molar-refractivity contribution in [2.45, 2.75) is 25.8 Å². The van der Waals surface area contributed by atoms with Gasteiger partial charge < -0.3 is 15.8 Å². The molecule has 5 heteroatoms. The summed E-state index contributed by atoms with van der Waals surface area (Å²) in [5, 5.41) is 13.4. The summed E-state index contributed by atoms with van der Waals surface area (Å²) in [5.41, 5.74) is 5.39. The van der Waals surface area contributed by atoms with Gasteiger partial charge in [-0.25, -0.2) is 0 Å². The molecule has 0 aliphatic carbocycles. The van der Waals surface area contributed by atoms with Crippen molar-refractivity contribution in [3.8, 4) is 0 Å². The van der Waals surface area contributed by atoms with E-state index in [0.717, 1.165) is 25.9 Å². The van der Waals surface area contributed by atoms with E-state index in [4.69, 9.17) is 10.9 Å². The summed E-state index contributed by atoms with van der Waals surface area (Å²) in [6.07, 6.45) is 2.70. The van der Waals surface area contributed by atoms with Crippen molar-refractivity contribution in [3.05, 3.63) is 22.4 Å². The van der Waals surface area contributed by atoms with E-state index in [-0.39, 0.29) is 0 Å². The highest BCUT2D eigenvalue weighted by molar-refractivity contribution is 7.09. The SMILES string of the molecule is CN(CCCC/C(N)=N/O)Cc1cccs1. The van der Waals surface area contributed by atoms with Crippen molar-refractivity contribution in [1.29, 1.82) is 0 Å². The van der Waals surface area contributed by atoms with Crippen molar-refractivity contribution in [2.24, 2.45) is 10.9 Å². The molecule has 0 aromatic carbocycles. The van der Waals surface area contributed by atoms with E-state index in [1.54, 1.807) is 11.3 Å². The zero-order chi connectivity index (χ0) is 11.8. The van der Waals surface area contributed by atoms with Crippen LogP contribution in [0.1, 0.15) is 24.1 Å². The average Bonchev–Trinajstić information content (AvgIpc) is 2.76. The van der Waals surface area contributed by atoms with Crippen LogP contribution in [0.25, 0.3) is 0 Å². The first-order valence-electron chi connectivity index (χ1n) is 5.39. The lowest BCUT2D eigenvalue weighted by Gasteiger charge is -2.15. The molecule has 0 radical (unpaired) electrons. The number of oxime groups is 1. The highest BCUT2D eigenvalue weighted by Gasteiger charge is 2.01. The minimum absolute atomic E-state index is 0.320. The lowest BCUT2D eigenvalue weighted by Crippen LogP contribution is -2.19. The van der Waals surface area contributed by atoms with Gasteiger partial charge in [-0.2, -0.15) is 0 Å². The fourth-order valence-corrected chi connectivity index (χ4v) is 2.27. The van der Waals surface area contributed by atoms with Gasteiger partial charge in [0.2, 0.25) is 0 Å². The van der Waals surface area contributed by atoms with E-state index in [1.165, 1.54) is 4.88 Å². The molecular formula is C11H19N3OS. The molecule has 0 spiro atoms. The topological polar surface area (TPSA) is 61.8 Å². The summed E-state index contributed by atoms with van der Waals surface area (Å²) in [7, 11) is 2.11. The molecule has 1 aromatic rings. The number of nitrogens with two attached hydrogens (primary N) is 1. The Morgan fingerprint density at radius 3 is 3.00 bits per heavy atom. The maximum atomic E-state index is 8.37. The molecule has 0 bridgehead atoms. The highest BCUT2D eigenvalue weighted by Crippen LogP contribution is 2.11. The first-order valence-corrected chi connectivity index (χ1v) is 6.27. The number of hydrogen-bond acceptors (Lipinski definition) is 4. The molecule has 1 aromatic heterocycles. The normalized spacial score (nSPS) is 12.2. The minimum Gasteiger partial charge on any atom is -0.409 e. The van der Waals surface area contributed by atoms with Crippen LogP contribution in [-0.4, -0.2) is 29.5 Å². The smallest absolute Gasteiger partial charge is 0.139 e. The molecule has 1 heterocycles. The molecule has 0 amide bonds. The maximum Gasteiger partial charge on any atom is 0.139 e. The van der Waals surface area contributed by atoms with Gasteiger partial charge in [0.15, 0.2) is 0 Å². The Morgan fingerprint density at radius 1 is 1.56 bits per heavy atom. The molecule has 0 saturated carbocycles. The monoisotopic (exact) mass is 241 g/mol. The van der Waals surface area contributed by atoms with E-state index >= 15 is 0 Å². The van der Waals surface area contributed by atoms with E-state index in [1.807, 2.05) is 0 Å². The van der Waals surface area contributed by atoms with Crippen molar-refractivity contribution in [3.63, 3.8) is 0 Å². The Morgan fingerprint density at radius 2 is 2.38 bits per heavy atom. The molecule has 0 aliphatic rings. The maximum absolute atomic E-state index is 8.37. The zero-order valence-electron chi connectivity index (χ0n) is 9.59. The minimum atomic E-state index is 0.320. The summed E-state index contributed by atoms with van der Waals surface area (Å²) in [6, 6.07) is 4.23. The molecule has 16 heavy (non-hydrogen) atoms. The summed E-state index contributed by atoms with van der Waals surface area (Å²) in [4.78, 5) is 3.68. The first kappa shape index (κ1) is 13.0. The van der Waals surface area contributed by atoms with Crippen molar-refractivity contribution in [2.75, 3.05) is 13.6 Å². The summed E-state index contributed by atoms with van der Waals surface area (Å²) >= 11 is 1.79. The van der Waals surface area contributed by atoms with Crippen LogP contribution in [0.3, 0.4) is 0 Å². The van der Waals surface area contributed by atoms with Crippen molar-refractivity contribution >= 4 is 17.2 Å². The lowest BCUT2D eigenvalue weighted by molar-refractivity contribution is 0.313. The predicted octanol–water partition coefficient (Wildman–Crippen LogP) is 2.10. The van der Waals surface area contributed by atoms with Gasteiger partial charge in [0.1, 0.15) is 5.84 Å². The summed E-state index contributed by atoms with van der Waals surface area (Å²) in [5.74, 6) is 0.320. The van der Waals surface area contributed by atoms with Crippen LogP contribution in [0.2, 0.25) is 0 Å².